The molecule has 0 aromatic heterocycles. The molecular weight excluding hydrogens is 350 g/mol. The molecule has 0 saturated carbocycles. The number of ether oxygens (including phenoxy) is 2. The van der Waals surface area contributed by atoms with Gasteiger partial charge in [0.2, 0.25) is 12.7 Å². The Hall–Kier alpha value is -1.15. The Bertz CT molecular complexity index is 571. The van der Waals surface area contributed by atoms with Gasteiger partial charge < -0.3 is 14.4 Å². The topological polar surface area (TPSA) is 72.9 Å². The molecular formula is C16H23NO5S2. The Morgan fingerprint density at radius 1 is 1.42 bits per heavy atom. The molecule has 3 atom stereocenters. The van der Waals surface area contributed by atoms with Gasteiger partial charge >= 0.3 is 11.9 Å². The van der Waals surface area contributed by atoms with Crippen LogP contribution in [0, 0.1) is 5.41 Å². The highest BCUT2D eigenvalue weighted by Gasteiger charge is 2.60. The van der Waals surface area contributed by atoms with E-state index in [-0.39, 0.29) is 11.3 Å². The molecule has 0 N–H and O–H groups in total. The van der Waals surface area contributed by atoms with E-state index in [1.54, 1.807) is 37.4 Å². The molecule has 2 rings (SSSR count). The second-order valence-corrected chi connectivity index (χ2v) is 9.37. The lowest BCUT2D eigenvalue weighted by Crippen LogP contribution is -2.57. The molecule has 134 valence electrons. The third-order valence-corrected chi connectivity index (χ3v) is 5.86. The van der Waals surface area contributed by atoms with Crippen molar-refractivity contribution in [1.82, 2.24) is 4.90 Å². The summed E-state index contributed by atoms with van der Waals surface area (Å²) in [6.07, 6.45) is 4.30. The summed E-state index contributed by atoms with van der Waals surface area (Å²) in [6.45, 7) is 6.64. The highest BCUT2D eigenvalue weighted by Crippen LogP contribution is 2.52. The zero-order chi connectivity index (χ0) is 18.1. The number of fused-ring (bicyclic) bond motifs is 1. The fourth-order valence-corrected chi connectivity index (χ4v) is 4.72. The van der Waals surface area contributed by atoms with Gasteiger partial charge in [-0.1, -0.05) is 6.08 Å². The maximum Gasteiger partial charge on any atom is 0.333 e. The van der Waals surface area contributed by atoms with E-state index >= 15 is 0 Å². The maximum absolute atomic E-state index is 12.5. The molecule has 24 heavy (non-hydrogen) atoms. The minimum atomic E-state index is -0.703. The highest BCUT2D eigenvalue weighted by molar-refractivity contribution is 8.02. The summed E-state index contributed by atoms with van der Waals surface area (Å²) in [4.78, 5) is 37.7. The molecule has 0 aliphatic carbocycles. The quantitative estimate of drug-likeness (QED) is 0.416. The van der Waals surface area contributed by atoms with Crippen LogP contribution in [0.1, 0.15) is 34.1 Å². The number of esters is 2. The van der Waals surface area contributed by atoms with Crippen LogP contribution in [0.3, 0.4) is 0 Å². The SMILES string of the molecule is CSC=CC1(C)S[C@@H]2CC(=O)N2[C@H]1C(=O)OCOC(=O)C(C)(C)C. The summed E-state index contributed by atoms with van der Waals surface area (Å²) in [5.41, 5.74) is -0.663. The average molecular weight is 373 g/mol. The minimum Gasteiger partial charge on any atom is -0.427 e. The Kier molecular flexibility index (Phi) is 5.59. The molecule has 2 heterocycles. The van der Waals surface area contributed by atoms with Crippen molar-refractivity contribution in [3.05, 3.63) is 11.5 Å². The van der Waals surface area contributed by atoms with E-state index in [0.29, 0.717) is 6.42 Å². The highest BCUT2D eigenvalue weighted by atomic mass is 32.2. The fourth-order valence-electron chi connectivity index (χ4n) is 2.56. The number of thioether (sulfide) groups is 2. The predicted octanol–water partition coefficient (Wildman–Crippen LogP) is 2.39. The van der Waals surface area contributed by atoms with E-state index in [4.69, 9.17) is 9.47 Å². The van der Waals surface area contributed by atoms with Gasteiger partial charge in [-0.25, -0.2) is 4.79 Å². The van der Waals surface area contributed by atoms with Crippen LogP contribution < -0.4 is 0 Å². The average Bonchev–Trinajstić information content (AvgIpc) is 2.72. The molecule has 0 aromatic carbocycles. The Morgan fingerprint density at radius 2 is 2.08 bits per heavy atom. The van der Waals surface area contributed by atoms with E-state index in [0.717, 1.165) is 0 Å². The van der Waals surface area contributed by atoms with Crippen LogP contribution >= 0.6 is 23.5 Å². The number of rotatable bonds is 5. The molecule has 0 radical (unpaired) electrons. The van der Waals surface area contributed by atoms with Crippen molar-refractivity contribution in [2.45, 2.75) is 50.3 Å². The van der Waals surface area contributed by atoms with Crippen LogP contribution in [0.4, 0.5) is 0 Å². The number of β-lactam (4-membered cyclic amide) rings is 1. The Balaban J connectivity index is 2.03. The van der Waals surface area contributed by atoms with Gasteiger partial charge in [0.05, 0.1) is 22.0 Å². The third-order valence-electron chi connectivity index (χ3n) is 3.92. The number of carbonyl (C=O) groups is 3. The fraction of sp³-hybridized carbons (Fsp3) is 0.688. The first-order chi connectivity index (χ1) is 11.1. The Labute approximate surface area is 150 Å². The van der Waals surface area contributed by atoms with Gasteiger partial charge in [0.1, 0.15) is 6.04 Å². The van der Waals surface area contributed by atoms with Gasteiger partial charge in [-0.15, -0.1) is 23.5 Å². The third kappa shape index (κ3) is 3.74. The first-order valence-electron chi connectivity index (χ1n) is 7.63. The number of nitrogens with zero attached hydrogens (tertiary/aromatic N) is 1. The van der Waals surface area contributed by atoms with E-state index in [1.165, 1.54) is 11.8 Å². The molecule has 2 fully saturated rings. The first-order valence-corrected chi connectivity index (χ1v) is 9.80. The van der Waals surface area contributed by atoms with E-state index < -0.39 is 34.9 Å². The number of amides is 1. The van der Waals surface area contributed by atoms with Crippen LogP contribution in [0.15, 0.2) is 11.5 Å². The summed E-state index contributed by atoms with van der Waals surface area (Å²) < 4.78 is 9.57. The van der Waals surface area contributed by atoms with Gasteiger partial charge in [0.15, 0.2) is 0 Å². The lowest BCUT2D eigenvalue weighted by atomic mass is 9.96. The van der Waals surface area contributed by atoms with Gasteiger partial charge in [0.25, 0.3) is 0 Å². The monoisotopic (exact) mass is 373 g/mol. The number of hydrogen-bond donors (Lipinski definition) is 0. The van der Waals surface area contributed by atoms with Crippen LogP contribution in [0.5, 0.6) is 0 Å². The Morgan fingerprint density at radius 3 is 2.62 bits per heavy atom. The predicted molar refractivity (Wildman–Crippen MR) is 94.2 cm³/mol. The van der Waals surface area contributed by atoms with Crippen molar-refractivity contribution in [2.24, 2.45) is 5.41 Å². The molecule has 2 aliphatic heterocycles. The molecule has 0 spiro atoms. The van der Waals surface area contributed by atoms with Gasteiger partial charge in [-0.05, 0) is 39.4 Å². The zero-order valence-electron chi connectivity index (χ0n) is 14.5. The summed E-state index contributed by atoms with van der Waals surface area (Å²) in [5, 5.41) is 1.91. The zero-order valence-corrected chi connectivity index (χ0v) is 16.2. The molecule has 2 saturated heterocycles. The van der Waals surface area contributed by atoms with Crippen LogP contribution in [-0.2, 0) is 23.9 Å². The molecule has 2 aliphatic rings. The van der Waals surface area contributed by atoms with Crippen molar-refractivity contribution in [2.75, 3.05) is 13.0 Å². The largest absolute Gasteiger partial charge is 0.427 e. The van der Waals surface area contributed by atoms with Crippen LogP contribution in [-0.4, -0.2) is 52.0 Å². The molecule has 6 nitrogen and oxygen atoms in total. The van der Waals surface area contributed by atoms with Crippen molar-refractivity contribution in [3.8, 4) is 0 Å². The second kappa shape index (κ2) is 7.00. The van der Waals surface area contributed by atoms with E-state index in [2.05, 4.69) is 0 Å². The smallest absolute Gasteiger partial charge is 0.333 e. The lowest BCUT2D eigenvalue weighted by molar-refractivity contribution is -0.179. The normalized spacial score (nSPS) is 29.4. The van der Waals surface area contributed by atoms with Crippen molar-refractivity contribution in [3.63, 3.8) is 0 Å². The summed E-state index contributed by atoms with van der Waals surface area (Å²) in [7, 11) is 0. The van der Waals surface area contributed by atoms with Crippen molar-refractivity contribution in [1.29, 1.82) is 0 Å². The summed E-state index contributed by atoms with van der Waals surface area (Å²) >= 11 is 3.11. The standard InChI is InChI=1S/C16H23NO5S2/c1-15(2,3)14(20)22-9-21-13(19)12-16(4,6-7-23-5)24-11-8-10(18)17(11)12/h6-7,11-12H,8-9H2,1-5H3/t11-,12+,16?/m1/s1. The van der Waals surface area contributed by atoms with Gasteiger partial charge in [0, 0.05) is 0 Å². The molecule has 8 heteroatoms. The lowest BCUT2D eigenvalue weighted by Gasteiger charge is -2.37. The van der Waals surface area contributed by atoms with Crippen molar-refractivity contribution < 1.29 is 23.9 Å². The van der Waals surface area contributed by atoms with Gasteiger partial charge in [-0.3, -0.25) is 9.59 Å². The second-order valence-electron chi connectivity index (χ2n) is 6.97. The minimum absolute atomic E-state index is 0.00341. The maximum atomic E-state index is 12.5. The number of carbonyl (C=O) groups excluding carboxylic acids is 3. The van der Waals surface area contributed by atoms with Gasteiger partial charge in [-0.2, -0.15) is 0 Å². The first kappa shape index (κ1) is 19.2. The number of hydrogen-bond acceptors (Lipinski definition) is 7. The van der Waals surface area contributed by atoms with E-state index in [1.807, 2.05) is 24.7 Å². The summed E-state index contributed by atoms with van der Waals surface area (Å²) in [6, 6.07) is -0.703. The van der Waals surface area contributed by atoms with E-state index in [9.17, 15) is 14.4 Å². The molecule has 0 bridgehead atoms. The molecule has 1 unspecified atom stereocenters. The molecule has 0 aromatic rings. The summed E-state index contributed by atoms with van der Waals surface area (Å²) in [5.74, 6) is -1.05. The van der Waals surface area contributed by atoms with Crippen molar-refractivity contribution >= 4 is 41.4 Å². The van der Waals surface area contributed by atoms with Crippen LogP contribution in [0.25, 0.3) is 0 Å². The van der Waals surface area contributed by atoms with Crippen LogP contribution in [0.2, 0.25) is 0 Å². The molecule has 1 amide bonds.